The lowest BCUT2D eigenvalue weighted by Crippen LogP contribution is -2.54. The van der Waals surface area contributed by atoms with Crippen molar-refractivity contribution in [2.75, 3.05) is 19.8 Å². The third kappa shape index (κ3) is 3.25. The monoisotopic (exact) mass is 255 g/mol. The molecule has 0 aromatic rings. The summed E-state index contributed by atoms with van der Waals surface area (Å²) >= 11 is 0. The minimum absolute atomic E-state index is 0.0484. The molecule has 2 fully saturated rings. The molecular formula is C15H29NO2. The van der Waals surface area contributed by atoms with Gasteiger partial charge in [0.15, 0.2) is 0 Å². The molecule has 1 aliphatic carbocycles. The first kappa shape index (κ1) is 14.3. The zero-order valence-electron chi connectivity index (χ0n) is 11.8. The second kappa shape index (κ2) is 6.88. The topological polar surface area (TPSA) is 44.5 Å². The maximum absolute atomic E-state index is 6.63. The average Bonchev–Trinajstić information content (AvgIpc) is 2.66. The van der Waals surface area contributed by atoms with Crippen molar-refractivity contribution in [1.82, 2.24) is 0 Å². The zero-order valence-corrected chi connectivity index (χ0v) is 11.8. The van der Waals surface area contributed by atoms with Crippen molar-refractivity contribution >= 4 is 0 Å². The second-order valence-electron chi connectivity index (χ2n) is 5.89. The Morgan fingerprint density at radius 2 is 1.78 bits per heavy atom. The highest BCUT2D eigenvalue weighted by Crippen LogP contribution is 2.37. The number of rotatable bonds is 4. The van der Waals surface area contributed by atoms with Gasteiger partial charge in [-0.05, 0) is 38.5 Å². The van der Waals surface area contributed by atoms with Gasteiger partial charge in [0, 0.05) is 25.9 Å². The van der Waals surface area contributed by atoms with E-state index in [9.17, 15) is 0 Å². The van der Waals surface area contributed by atoms with Crippen molar-refractivity contribution < 1.29 is 9.47 Å². The third-order valence-electron chi connectivity index (χ3n) is 4.76. The highest BCUT2D eigenvalue weighted by atomic mass is 16.5. The molecule has 18 heavy (non-hydrogen) atoms. The van der Waals surface area contributed by atoms with Gasteiger partial charge in [-0.15, -0.1) is 0 Å². The van der Waals surface area contributed by atoms with Crippen LogP contribution in [0.5, 0.6) is 0 Å². The molecule has 106 valence electrons. The summed E-state index contributed by atoms with van der Waals surface area (Å²) < 4.78 is 11.7. The van der Waals surface area contributed by atoms with E-state index in [1.807, 2.05) is 0 Å². The molecule has 2 aliphatic rings. The lowest BCUT2D eigenvalue weighted by molar-refractivity contribution is -0.0907. The predicted molar refractivity (Wildman–Crippen MR) is 73.6 cm³/mol. The lowest BCUT2D eigenvalue weighted by Gasteiger charge is -2.43. The predicted octanol–water partition coefficient (Wildman–Crippen LogP) is 2.87. The van der Waals surface area contributed by atoms with Crippen LogP contribution in [-0.2, 0) is 9.47 Å². The molecule has 0 spiro atoms. The van der Waals surface area contributed by atoms with E-state index in [1.54, 1.807) is 0 Å². The molecular weight excluding hydrogens is 226 g/mol. The summed E-state index contributed by atoms with van der Waals surface area (Å²) in [6.07, 6.45) is 9.75. The fourth-order valence-corrected chi connectivity index (χ4v) is 3.69. The van der Waals surface area contributed by atoms with E-state index in [1.165, 1.54) is 25.7 Å². The standard InChI is InChI=1S/C15H29NO2/c1-2-18-15(9-5-3-4-6-10-15)14(16)13-7-11-17-12-8-13/h13-14H,2-12,16H2,1H3. The third-order valence-corrected chi connectivity index (χ3v) is 4.76. The molecule has 0 radical (unpaired) electrons. The molecule has 1 heterocycles. The van der Waals surface area contributed by atoms with Crippen molar-refractivity contribution in [3.8, 4) is 0 Å². The summed E-state index contributed by atoms with van der Waals surface area (Å²) in [6, 6.07) is 0.194. The Kier molecular flexibility index (Phi) is 5.46. The largest absolute Gasteiger partial charge is 0.381 e. The van der Waals surface area contributed by atoms with Crippen molar-refractivity contribution in [2.24, 2.45) is 11.7 Å². The number of hydrogen-bond donors (Lipinski definition) is 1. The Morgan fingerprint density at radius 1 is 1.17 bits per heavy atom. The molecule has 1 saturated heterocycles. The van der Waals surface area contributed by atoms with Crippen molar-refractivity contribution in [2.45, 2.75) is 69.9 Å². The number of nitrogens with two attached hydrogens (primary N) is 1. The van der Waals surface area contributed by atoms with Crippen molar-refractivity contribution in [1.29, 1.82) is 0 Å². The summed E-state index contributed by atoms with van der Waals surface area (Å²) in [5.74, 6) is 0.586. The van der Waals surface area contributed by atoms with Crippen LogP contribution in [0, 0.1) is 5.92 Å². The van der Waals surface area contributed by atoms with Crippen LogP contribution in [0.1, 0.15) is 58.3 Å². The van der Waals surface area contributed by atoms with Gasteiger partial charge in [0.2, 0.25) is 0 Å². The van der Waals surface area contributed by atoms with Gasteiger partial charge >= 0.3 is 0 Å². The van der Waals surface area contributed by atoms with Gasteiger partial charge in [0.1, 0.15) is 0 Å². The maximum atomic E-state index is 6.63. The summed E-state index contributed by atoms with van der Waals surface area (Å²) in [4.78, 5) is 0. The van der Waals surface area contributed by atoms with Crippen LogP contribution in [0.2, 0.25) is 0 Å². The van der Waals surface area contributed by atoms with E-state index in [0.717, 1.165) is 45.5 Å². The summed E-state index contributed by atoms with van der Waals surface area (Å²) in [5.41, 5.74) is 6.58. The van der Waals surface area contributed by atoms with Crippen LogP contribution >= 0.6 is 0 Å². The fraction of sp³-hybridized carbons (Fsp3) is 1.00. The molecule has 2 rings (SSSR count). The van der Waals surface area contributed by atoms with Gasteiger partial charge in [0.25, 0.3) is 0 Å². The van der Waals surface area contributed by atoms with Crippen molar-refractivity contribution in [3.63, 3.8) is 0 Å². The number of hydrogen-bond acceptors (Lipinski definition) is 3. The molecule has 1 aliphatic heterocycles. The SMILES string of the molecule is CCOC1(C(N)C2CCOCC2)CCCCCC1. The molecule has 0 aromatic heterocycles. The molecule has 0 amide bonds. The molecule has 3 nitrogen and oxygen atoms in total. The van der Waals surface area contributed by atoms with Gasteiger partial charge < -0.3 is 15.2 Å². The average molecular weight is 255 g/mol. The van der Waals surface area contributed by atoms with Gasteiger partial charge in [-0.2, -0.15) is 0 Å². The van der Waals surface area contributed by atoms with Crippen LogP contribution in [0.25, 0.3) is 0 Å². The zero-order chi connectivity index (χ0) is 12.8. The van der Waals surface area contributed by atoms with Gasteiger partial charge in [-0.3, -0.25) is 0 Å². The van der Waals surface area contributed by atoms with Gasteiger partial charge in [-0.1, -0.05) is 25.7 Å². The van der Waals surface area contributed by atoms with Gasteiger partial charge in [-0.25, -0.2) is 0 Å². The van der Waals surface area contributed by atoms with Gasteiger partial charge in [0.05, 0.1) is 5.60 Å². The van der Waals surface area contributed by atoms with Crippen molar-refractivity contribution in [3.05, 3.63) is 0 Å². The molecule has 2 N–H and O–H groups in total. The quantitative estimate of drug-likeness (QED) is 0.786. The Labute approximate surface area is 111 Å². The summed E-state index contributed by atoms with van der Waals surface area (Å²) in [6.45, 7) is 4.64. The molecule has 0 bridgehead atoms. The Bertz CT molecular complexity index is 231. The maximum Gasteiger partial charge on any atom is 0.0835 e. The van der Waals surface area contributed by atoms with Crippen LogP contribution in [0.4, 0.5) is 0 Å². The number of ether oxygens (including phenoxy) is 2. The molecule has 1 atom stereocenters. The molecule has 1 saturated carbocycles. The fourth-order valence-electron chi connectivity index (χ4n) is 3.69. The molecule has 3 heteroatoms. The van der Waals surface area contributed by atoms with E-state index >= 15 is 0 Å². The van der Waals surface area contributed by atoms with E-state index in [-0.39, 0.29) is 11.6 Å². The Balaban J connectivity index is 2.05. The second-order valence-corrected chi connectivity index (χ2v) is 5.89. The molecule has 0 aromatic carbocycles. The molecule has 1 unspecified atom stereocenters. The lowest BCUT2D eigenvalue weighted by atomic mass is 9.77. The summed E-state index contributed by atoms with van der Waals surface area (Å²) in [7, 11) is 0. The Morgan fingerprint density at radius 3 is 2.33 bits per heavy atom. The summed E-state index contributed by atoms with van der Waals surface area (Å²) in [5, 5.41) is 0. The first-order valence-electron chi connectivity index (χ1n) is 7.76. The highest BCUT2D eigenvalue weighted by Gasteiger charge is 2.41. The van der Waals surface area contributed by atoms with Crippen LogP contribution in [0.3, 0.4) is 0 Å². The van der Waals surface area contributed by atoms with Crippen LogP contribution in [0.15, 0.2) is 0 Å². The van der Waals surface area contributed by atoms with E-state index in [0.29, 0.717) is 5.92 Å². The Hall–Kier alpha value is -0.120. The van der Waals surface area contributed by atoms with E-state index in [2.05, 4.69) is 6.92 Å². The van der Waals surface area contributed by atoms with E-state index < -0.39 is 0 Å². The first-order valence-corrected chi connectivity index (χ1v) is 7.76. The first-order chi connectivity index (χ1) is 8.78. The highest BCUT2D eigenvalue weighted by molar-refractivity contribution is 4.96. The van der Waals surface area contributed by atoms with Crippen LogP contribution in [-0.4, -0.2) is 31.5 Å². The smallest absolute Gasteiger partial charge is 0.0835 e. The van der Waals surface area contributed by atoms with Crippen LogP contribution < -0.4 is 5.73 Å². The normalized spacial score (nSPS) is 27.7. The minimum atomic E-state index is -0.0484. The van der Waals surface area contributed by atoms with E-state index in [4.69, 9.17) is 15.2 Å². The minimum Gasteiger partial charge on any atom is -0.381 e.